The molecule has 88 valence electrons. The summed E-state index contributed by atoms with van der Waals surface area (Å²) in [5, 5.41) is 0. The van der Waals surface area contributed by atoms with E-state index >= 15 is 0 Å². The van der Waals surface area contributed by atoms with E-state index < -0.39 is 0 Å². The molecule has 1 rings (SSSR count). The van der Waals surface area contributed by atoms with E-state index in [4.69, 9.17) is 5.73 Å². The zero-order chi connectivity index (χ0) is 11.4. The molecule has 15 heavy (non-hydrogen) atoms. The average Bonchev–Trinajstić information content (AvgIpc) is 2.21. The molecule has 1 fully saturated rings. The molecule has 2 amide bonds. The molecule has 0 aromatic carbocycles. The summed E-state index contributed by atoms with van der Waals surface area (Å²) in [6.45, 7) is 2.83. The second kappa shape index (κ2) is 5.35. The van der Waals surface area contributed by atoms with E-state index in [1.807, 2.05) is 11.8 Å². The van der Waals surface area contributed by atoms with Crippen LogP contribution in [-0.4, -0.2) is 48.6 Å². The monoisotopic (exact) mass is 213 g/mol. The topological polar surface area (TPSA) is 49.6 Å². The highest BCUT2D eigenvalue weighted by molar-refractivity contribution is 5.74. The van der Waals surface area contributed by atoms with Crippen LogP contribution in [0.15, 0.2) is 0 Å². The first-order chi connectivity index (χ1) is 7.06. The third-order valence-corrected chi connectivity index (χ3v) is 3.15. The van der Waals surface area contributed by atoms with E-state index in [2.05, 4.69) is 0 Å². The second-order valence-corrected chi connectivity index (χ2v) is 4.53. The number of hydrogen-bond donors (Lipinski definition) is 1. The highest BCUT2D eigenvalue weighted by Gasteiger charge is 2.27. The van der Waals surface area contributed by atoms with E-state index in [9.17, 15) is 4.79 Å². The molecule has 0 spiro atoms. The summed E-state index contributed by atoms with van der Waals surface area (Å²) in [6.07, 6.45) is 4.19. The van der Waals surface area contributed by atoms with Gasteiger partial charge >= 0.3 is 6.03 Å². The quantitative estimate of drug-likeness (QED) is 0.750. The third-order valence-electron chi connectivity index (χ3n) is 3.15. The molecule has 0 bridgehead atoms. The minimum atomic E-state index is 0.123. The molecule has 1 aliphatic carbocycles. The van der Waals surface area contributed by atoms with Crippen molar-refractivity contribution in [3.63, 3.8) is 0 Å². The lowest BCUT2D eigenvalue weighted by atomic mass is 9.91. The van der Waals surface area contributed by atoms with Crippen molar-refractivity contribution in [2.75, 3.05) is 20.6 Å². The third kappa shape index (κ3) is 3.09. The molecule has 0 aromatic rings. The summed E-state index contributed by atoms with van der Waals surface area (Å²) >= 11 is 0. The van der Waals surface area contributed by atoms with Gasteiger partial charge in [0, 0.05) is 32.7 Å². The van der Waals surface area contributed by atoms with Crippen molar-refractivity contribution in [2.45, 2.75) is 44.7 Å². The van der Waals surface area contributed by atoms with Gasteiger partial charge in [-0.3, -0.25) is 0 Å². The van der Waals surface area contributed by atoms with Crippen LogP contribution in [0.5, 0.6) is 0 Å². The van der Waals surface area contributed by atoms with Gasteiger partial charge in [-0.15, -0.1) is 0 Å². The van der Waals surface area contributed by atoms with Crippen LogP contribution in [0.1, 0.15) is 32.6 Å². The number of carbonyl (C=O) groups is 1. The normalized spacial score (nSPS) is 26.1. The van der Waals surface area contributed by atoms with Gasteiger partial charge in [-0.05, 0) is 32.6 Å². The lowest BCUT2D eigenvalue weighted by Crippen LogP contribution is -2.48. The Balaban J connectivity index is 2.55. The van der Waals surface area contributed by atoms with Crippen LogP contribution in [0.4, 0.5) is 4.79 Å². The Morgan fingerprint density at radius 1 is 1.27 bits per heavy atom. The fourth-order valence-corrected chi connectivity index (χ4v) is 2.22. The predicted octanol–water partition coefficient (Wildman–Crippen LogP) is 1.26. The zero-order valence-corrected chi connectivity index (χ0v) is 10.1. The average molecular weight is 213 g/mol. The van der Waals surface area contributed by atoms with Crippen LogP contribution in [-0.2, 0) is 0 Å². The van der Waals surface area contributed by atoms with Crippen LogP contribution in [0.3, 0.4) is 0 Å². The Bertz CT molecular complexity index is 210. The Morgan fingerprint density at radius 3 is 2.20 bits per heavy atom. The highest BCUT2D eigenvalue weighted by Crippen LogP contribution is 2.22. The molecule has 1 saturated carbocycles. The number of nitrogens with zero attached hydrogens (tertiary/aromatic N) is 2. The Morgan fingerprint density at radius 2 is 1.80 bits per heavy atom. The summed E-state index contributed by atoms with van der Waals surface area (Å²) < 4.78 is 0. The van der Waals surface area contributed by atoms with Gasteiger partial charge in [0.1, 0.15) is 0 Å². The molecule has 0 aromatic heterocycles. The molecule has 0 saturated heterocycles. The number of urea groups is 1. The number of amides is 2. The van der Waals surface area contributed by atoms with E-state index in [0.717, 1.165) is 32.2 Å². The lowest BCUT2D eigenvalue weighted by molar-refractivity contribution is 0.134. The van der Waals surface area contributed by atoms with Crippen molar-refractivity contribution < 1.29 is 4.79 Å². The van der Waals surface area contributed by atoms with Crippen LogP contribution in [0.25, 0.3) is 0 Å². The maximum Gasteiger partial charge on any atom is 0.319 e. The van der Waals surface area contributed by atoms with Crippen molar-refractivity contribution in [3.8, 4) is 0 Å². The van der Waals surface area contributed by atoms with Gasteiger partial charge in [0.2, 0.25) is 0 Å². The number of rotatable bonds is 2. The summed E-state index contributed by atoms with van der Waals surface area (Å²) in [4.78, 5) is 15.5. The smallest absolute Gasteiger partial charge is 0.319 e. The first-order valence-electron chi connectivity index (χ1n) is 5.79. The maximum absolute atomic E-state index is 11.9. The minimum absolute atomic E-state index is 0.123. The molecule has 0 radical (unpaired) electrons. The second-order valence-electron chi connectivity index (χ2n) is 4.53. The zero-order valence-electron chi connectivity index (χ0n) is 10.1. The van der Waals surface area contributed by atoms with Gasteiger partial charge in [-0.2, -0.15) is 0 Å². The van der Waals surface area contributed by atoms with Crippen molar-refractivity contribution in [2.24, 2.45) is 5.73 Å². The van der Waals surface area contributed by atoms with Gasteiger partial charge in [-0.25, -0.2) is 4.79 Å². The van der Waals surface area contributed by atoms with Gasteiger partial charge in [0.25, 0.3) is 0 Å². The van der Waals surface area contributed by atoms with Gasteiger partial charge < -0.3 is 15.5 Å². The fourth-order valence-electron chi connectivity index (χ4n) is 2.22. The van der Waals surface area contributed by atoms with Crippen molar-refractivity contribution >= 4 is 6.03 Å². The summed E-state index contributed by atoms with van der Waals surface area (Å²) in [7, 11) is 3.61. The molecular formula is C11H23N3O. The fraction of sp³-hybridized carbons (Fsp3) is 0.909. The summed E-state index contributed by atoms with van der Waals surface area (Å²) in [6, 6.07) is 0.858. The lowest BCUT2D eigenvalue weighted by Gasteiger charge is -2.36. The molecular weight excluding hydrogens is 190 g/mol. The molecule has 2 N–H and O–H groups in total. The molecule has 4 heteroatoms. The molecule has 0 aliphatic heterocycles. The molecule has 1 aliphatic rings. The first kappa shape index (κ1) is 12.3. The van der Waals surface area contributed by atoms with Crippen LogP contribution in [0, 0.1) is 0 Å². The van der Waals surface area contributed by atoms with Crippen LogP contribution < -0.4 is 5.73 Å². The Labute approximate surface area is 92.4 Å². The summed E-state index contributed by atoms with van der Waals surface area (Å²) in [5.41, 5.74) is 5.86. The standard InChI is InChI=1S/C11H23N3O/c1-4-14(11(15)13(2)3)10-7-5-9(12)6-8-10/h9-10H,4-8,12H2,1-3H3. The Kier molecular flexibility index (Phi) is 4.39. The van der Waals surface area contributed by atoms with Crippen LogP contribution in [0.2, 0.25) is 0 Å². The summed E-state index contributed by atoms with van der Waals surface area (Å²) in [5.74, 6) is 0. The van der Waals surface area contributed by atoms with E-state index in [-0.39, 0.29) is 6.03 Å². The Hall–Kier alpha value is -0.770. The van der Waals surface area contributed by atoms with Crippen molar-refractivity contribution in [3.05, 3.63) is 0 Å². The molecule has 0 heterocycles. The molecule has 0 atom stereocenters. The minimum Gasteiger partial charge on any atom is -0.331 e. The first-order valence-corrected chi connectivity index (χ1v) is 5.79. The van der Waals surface area contributed by atoms with E-state index in [1.54, 1.807) is 19.0 Å². The molecule has 0 unspecified atom stereocenters. The number of carbonyl (C=O) groups excluding carboxylic acids is 1. The van der Waals surface area contributed by atoms with Crippen molar-refractivity contribution in [1.82, 2.24) is 9.80 Å². The molecule has 4 nitrogen and oxygen atoms in total. The van der Waals surface area contributed by atoms with Gasteiger partial charge in [0.05, 0.1) is 0 Å². The highest BCUT2D eigenvalue weighted by atomic mass is 16.2. The van der Waals surface area contributed by atoms with E-state index in [1.165, 1.54) is 0 Å². The van der Waals surface area contributed by atoms with E-state index in [0.29, 0.717) is 12.1 Å². The largest absolute Gasteiger partial charge is 0.331 e. The SMILES string of the molecule is CCN(C(=O)N(C)C)C1CCC(N)CC1. The number of hydrogen-bond acceptors (Lipinski definition) is 2. The number of nitrogens with two attached hydrogens (primary N) is 1. The predicted molar refractivity (Wildman–Crippen MR) is 61.7 cm³/mol. The van der Waals surface area contributed by atoms with Gasteiger partial charge in [0.15, 0.2) is 0 Å². The van der Waals surface area contributed by atoms with Crippen molar-refractivity contribution in [1.29, 1.82) is 0 Å². The van der Waals surface area contributed by atoms with Crippen LogP contribution >= 0.6 is 0 Å². The van der Waals surface area contributed by atoms with Gasteiger partial charge in [-0.1, -0.05) is 0 Å². The maximum atomic E-state index is 11.9.